The maximum Gasteiger partial charge on any atom is 0.490 e. The van der Waals surface area contributed by atoms with Crippen LogP contribution in [0.4, 0.5) is 11.8 Å². The maximum atomic E-state index is 14.2. The zero-order valence-electron chi connectivity index (χ0n) is 41.2. The third-order valence-electron chi connectivity index (χ3n) is 12.6. The molecule has 5 aromatic heterocycles. The number of aliphatic hydroxyl groups excluding tert-OH is 3. The second-order valence-corrected chi connectivity index (χ2v) is 24.3. The van der Waals surface area contributed by atoms with Crippen LogP contribution in [-0.4, -0.2) is 175 Å². The van der Waals surface area contributed by atoms with Crippen LogP contribution in [0.1, 0.15) is 31.5 Å². The molecule has 79 heavy (non-hydrogen) atoms. The van der Waals surface area contributed by atoms with Crippen molar-refractivity contribution >= 4 is 71.1 Å². The number of rotatable bonds is 24. The van der Waals surface area contributed by atoms with E-state index in [0.29, 0.717) is 4.57 Å². The number of H-pyrrole nitrogens is 2. The summed E-state index contributed by atoms with van der Waals surface area (Å²) in [7, 11) is -19.9. The molecule has 5 unspecified atom stereocenters. The Labute approximate surface area is 441 Å². The number of nitrogen functional groups attached to an aromatic ring is 2. The fourth-order valence-electron chi connectivity index (χ4n) is 9.10. The number of ether oxygens (including phenoxy) is 5. The highest BCUT2D eigenvalue weighted by Gasteiger charge is 2.55. The Morgan fingerprint density at radius 3 is 2.20 bits per heavy atom. The molecule has 13 N–H and O–H groups in total. The molecule has 0 radical (unpaired) electrons. The van der Waals surface area contributed by atoms with Gasteiger partial charge in [-0.05, 0) is 6.42 Å². The van der Waals surface area contributed by atoms with Gasteiger partial charge >= 0.3 is 34.8 Å². The molecule has 42 heteroatoms. The summed E-state index contributed by atoms with van der Waals surface area (Å²) in [5.74, 6) is -2.04. The number of aromatic amines is 2. The van der Waals surface area contributed by atoms with E-state index in [4.69, 9.17) is 48.7 Å². The number of carbonyl (C=O) groups is 1. The Bertz CT molecular complexity index is 3430. The summed E-state index contributed by atoms with van der Waals surface area (Å²) >= 11 is 0. The SMILES string of the molecule is COCCNC(=O)CC[C@@H]1[C@@H](COP(=O)(O)OP(=O)(O)OP(=O)(O)OC[C@H]2O[C@@H](n3cnc4c(N)ncnc43)[C@H](OC)[C@@H]2P(=O)([O-])OC[C@H]2O[C@@H](n3ccc(=O)[nH]c3=O)[C@H](O)[C@@H]2O)OC([n+]2cn(C)c3c(=O)[nH]c(N)nc32)[C@@H]1O. The molecule has 436 valence electrons. The van der Waals surface area contributed by atoms with Gasteiger partial charge in [0.15, 0.2) is 30.2 Å². The molecule has 3 fully saturated rings. The molecular formula is C37H53N13O25P4. The minimum Gasteiger partial charge on any atom is -0.778 e. The Hall–Kier alpha value is -5.11. The molecule has 0 spiro atoms. The largest absolute Gasteiger partial charge is 0.778 e. The molecule has 16 atom stereocenters. The van der Waals surface area contributed by atoms with Crippen molar-refractivity contribution in [3.63, 3.8) is 0 Å². The molecular weight excluding hydrogens is 1150 g/mol. The van der Waals surface area contributed by atoms with Crippen molar-refractivity contribution in [2.24, 2.45) is 13.0 Å². The summed E-state index contributed by atoms with van der Waals surface area (Å²) in [5, 5.41) is 35.7. The van der Waals surface area contributed by atoms with E-state index in [0.717, 1.165) is 36.6 Å². The van der Waals surface area contributed by atoms with E-state index >= 15 is 0 Å². The summed E-state index contributed by atoms with van der Waals surface area (Å²) in [5.41, 5.74) is 6.99. The van der Waals surface area contributed by atoms with Crippen LogP contribution in [-0.2, 0) is 76.0 Å². The van der Waals surface area contributed by atoms with E-state index in [2.05, 4.69) is 38.9 Å². The Morgan fingerprint density at radius 1 is 0.861 bits per heavy atom. The van der Waals surface area contributed by atoms with Gasteiger partial charge in [0.2, 0.25) is 17.7 Å². The first-order valence-electron chi connectivity index (χ1n) is 23.1. The van der Waals surface area contributed by atoms with E-state index in [-0.39, 0.29) is 60.1 Å². The minimum absolute atomic E-state index is 0.00538. The standard InChI is InChI=1S/C37H53N13O25P4/c1-47-15-50(31-23(47)32(56)46-36(39)45-31)33-24(53)16(4-5-20(51)40-7-9-66-2)17(71-33)10-69-77(60,61)74-79(64,65)75-78(62,63)70-12-19-28(27(67-3)35(73-19)49-14-43-22-29(38)41-13-42-30(22)49)76(58,59)68-11-18-25(54)26(55)34(72-18)48-8-6-21(52)44-37(48)57/h6,8,13-19,24-28,33-35,53-55H,4-5,7,9-12H2,1-3H3,(H10-,38,39,40,41,42,44,45,46,51,52,56,57,58,59,60,61,62,63,64,65)/t16-,17-,18-,19-,24-,25-,26-,27-,28-,33?,34-,35-/m1/s1. The van der Waals surface area contributed by atoms with Gasteiger partial charge in [-0.25, -0.2) is 38.0 Å². The van der Waals surface area contributed by atoms with Crippen molar-refractivity contribution < 1.29 is 108 Å². The maximum absolute atomic E-state index is 14.2. The lowest BCUT2D eigenvalue weighted by Gasteiger charge is -2.35. The van der Waals surface area contributed by atoms with Crippen LogP contribution < -0.4 is 43.1 Å². The molecule has 1 amide bonds. The first-order chi connectivity index (χ1) is 37.1. The van der Waals surface area contributed by atoms with Gasteiger partial charge in [0.25, 0.3) is 17.1 Å². The first kappa shape index (κ1) is 60.0. The molecule has 0 saturated carbocycles. The molecule has 0 aromatic carbocycles. The summed E-state index contributed by atoms with van der Waals surface area (Å²) < 4.78 is 110. The van der Waals surface area contributed by atoms with Gasteiger partial charge in [-0.15, -0.1) is 0 Å². The number of aryl methyl sites for hydroxylation is 1. The van der Waals surface area contributed by atoms with Crippen LogP contribution >= 0.6 is 31.1 Å². The van der Waals surface area contributed by atoms with Crippen molar-refractivity contribution in [2.75, 3.05) is 58.7 Å². The molecule has 3 saturated heterocycles. The van der Waals surface area contributed by atoms with E-state index in [1.165, 1.54) is 29.6 Å². The van der Waals surface area contributed by atoms with E-state index < -0.39 is 147 Å². The highest BCUT2D eigenvalue weighted by atomic mass is 31.3. The monoisotopic (exact) mass is 1200 g/mol. The van der Waals surface area contributed by atoms with Crippen molar-refractivity contribution in [2.45, 2.75) is 79.9 Å². The van der Waals surface area contributed by atoms with Crippen LogP contribution in [0.2, 0.25) is 0 Å². The average Bonchev–Trinajstić information content (AvgIpc) is 4.33. The highest BCUT2D eigenvalue weighted by Crippen LogP contribution is 2.68. The second kappa shape index (κ2) is 23.8. The molecule has 0 aliphatic carbocycles. The van der Waals surface area contributed by atoms with Gasteiger partial charge in [-0.2, -0.15) is 8.62 Å². The molecule has 38 nitrogen and oxygen atoms in total. The van der Waals surface area contributed by atoms with Crippen LogP contribution in [0.25, 0.3) is 22.3 Å². The number of phosphoric ester groups is 2. The Balaban J connectivity index is 0.963. The van der Waals surface area contributed by atoms with Crippen LogP contribution in [0, 0.1) is 5.92 Å². The fourth-order valence-corrected chi connectivity index (χ4v) is 14.3. The quantitative estimate of drug-likeness (QED) is 0.0157. The number of carbonyl (C=O) groups excluding carboxylic acids is 1. The van der Waals surface area contributed by atoms with E-state index in [1.54, 1.807) is 0 Å². The molecule has 3 aliphatic rings. The fraction of sp³-hybridized carbons (Fsp3) is 0.595. The van der Waals surface area contributed by atoms with Gasteiger partial charge in [0.05, 0.1) is 57.7 Å². The highest BCUT2D eigenvalue weighted by molar-refractivity contribution is 7.66. The number of hydrogen-bond acceptors (Lipinski definition) is 28. The van der Waals surface area contributed by atoms with Gasteiger partial charge in [0.1, 0.15) is 50.0 Å². The number of imidazole rings is 2. The average molecular weight is 1200 g/mol. The number of nitrogens with zero attached hydrogens (tertiary/aromatic N) is 8. The van der Waals surface area contributed by atoms with Crippen molar-refractivity contribution in [3.05, 3.63) is 62.4 Å². The summed E-state index contributed by atoms with van der Waals surface area (Å²) in [4.78, 5) is 116. The van der Waals surface area contributed by atoms with Gasteiger partial charge in [-0.3, -0.25) is 47.1 Å². The number of nitrogens with one attached hydrogen (secondary N) is 3. The van der Waals surface area contributed by atoms with Crippen LogP contribution in [0.15, 0.2) is 45.6 Å². The summed E-state index contributed by atoms with van der Waals surface area (Å²) in [6, 6.07) is 0.912. The molecule has 8 heterocycles. The molecule has 0 bridgehead atoms. The van der Waals surface area contributed by atoms with Crippen LogP contribution in [0.5, 0.6) is 0 Å². The van der Waals surface area contributed by atoms with Crippen LogP contribution in [0.3, 0.4) is 0 Å². The predicted molar refractivity (Wildman–Crippen MR) is 256 cm³/mol. The summed E-state index contributed by atoms with van der Waals surface area (Å²) in [6.07, 6.45) is -12.8. The third kappa shape index (κ3) is 13.2. The topological polar surface area (TPSA) is 539 Å². The minimum atomic E-state index is -6.27. The first-order valence-corrected chi connectivity index (χ1v) is 29.2. The number of nitrogens with two attached hydrogens (primary N) is 2. The number of methoxy groups -OCH3 is 2. The molecule has 3 aliphatic heterocycles. The smallest absolute Gasteiger partial charge is 0.490 e. The lowest BCUT2D eigenvalue weighted by Crippen LogP contribution is -2.45. The lowest BCUT2D eigenvalue weighted by atomic mass is 9.93. The number of anilines is 2. The number of phosphoric acid groups is 3. The molecule has 5 aromatic rings. The number of aromatic nitrogens is 10. The van der Waals surface area contributed by atoms with Gasteiger partial charge < -0.3 is 84.5 Å². The second-order valence-electron chi connectivity index (χ2n) is 17.8. The predicted octanol–water partition coefficient (Wildman–Crippen LogP) is -4.64. The zero-order valence-corrected chi connectivity index (χ0v) is 44.8. The Kier molecular flexibility index (Phi) is 18.1. The number of hydrogen-bond donors (Lipinski definition) is 11. The van der Waals surface area contributed by atoms with Crippen molar-refractivity contribution in [1.29, 1.82) is 0 Å². The number of aliphatic hydroxyl groups is 3. The van der Waals surface area contributed by atoms with Gasteiger partial charge in [0, 0.05) is 45.4 Å². The van der Waals surface area contributed by atoms with Crippen molar-refractivity contribution in [1.82, 2.24) is 48.9 Å². The third-order valence-corrected chi connectivity index (χ3v) is 18.7. The number of fused-ring (bicyclic) bond motifs is 2. The zero-order chi connectivity index (χ0) is 57.5. The summed E-state index contributed by atoms with van der Waals surface area (Å²) in [6.45, 7) is -3.17. The number of amides is 1. The van der Waals surface area contributed by atoms with E-state index in [9.17, 15) is 72.3 Å². The van der Waals surface area contributed by atoms with Crippen molar-refractivity contribution in [3.8, 4) is 0 Å². The molecule has 8 rings (SSSR count). The van der Waals surface area contributed by atoms with Gasteiger partial charge in [-0.1, -0.05) is 4.98 Å². The van der Waals surface area contributed by atoms with E-state index in [1.807, 2.05) is 4.98 Å². The lowest BCUT2D eigenvalue weighted by molar-refractivity contribution is -0.745. The Morgan fingerprint density at radius 2 is 1.53 bits per heavy atom. The normalized spacial score (nSPS) is 29.3.